The summed E-state index contributed by atoms with van der Waals surface area (Å²) in [6.07, 6.45) is 2.66. The van der Waals surface area contributed by atoms with Gasteiger partial charge in [0.05, 0.1) is 29.8 Å². The van der Waals surface area contributed by atoms with Gasteiger partial charge in [0.15, 0.2) is 0 Å². The Balaban J connectivity index is 1.84. The SMILES string of the molecule is CC#CC(CC(=O)O)c1ccc(OC(CCS(C)(=O)=O)c2ccc3[nH]ncc3c2)cc1. The standard InChI is InChI=1S/C23H24N2O5S/c1-3-4-17(14-23(26)27)16-5-8-20(9-6-16)30-22(11-12-31(2,28)29)18-7-10-21-19(13-18)15-24-25-21/h5-10,13,15,17,22H,11-12,14H2,1-2H3,(H,24,25)(H,26,27). The molecule has 3 aromatic rings. The normalized spacial score (nSPS) is 13.2. The van der Waals surface area contributed by atoms with Crippen molar-refractivity contribution in [3.8, 4) is 17.6 Å². The Morgan fingerprint density at radius 2 is 1.90 bits per heavy atom. The highest BCUT2D eigenvalue weighted by Gasteiger charge is 2.18. The molecule has 0 saturated heterocycles. The van der Waals surface area contributed by atoms with Gasteiger partial charge in [-0.15, -0.1) is 5.92 Å². The van der Waals surface area contributed by atoms with E-state index in [0.717, 1.165) is 22.0 Å². The van der Waals surface area contributed by atoms with E-state index in [0.29, 0.717) is 12.2 Å². The minimum atomic E-state index is -3.16. The number of hydrogen-bond acceptors (Lipinski definition) is 5. The number of nitrogens with zero attached hydrogens (tertiary/aromatic N) is 1. The van der Waals surface area contributed by atoms with Crippen LogP contribution in [0.5, 0.6) is 5.75 Å². The van der Waals surface area contributed by atoms with Gasteiger partial charge in [-0.25, -0.2) is 8.42 Å². The van der Waals surface area contributed by atoms with Crippen LogP contribution in [-0.2, 0) is 14.6 Å². The van der Waals surface area contributed by atoms with Crippen LogP contribution >= 0.6 is 0 Å². The van der Waals surface area contributed by atoms with Gasteiger partial charge in [-0.05, 0) is 42.3 Å². The number of hydrogen-bond donors (Lipinski definition) is 2. The fraction of sp³-hybridized carbons (Fsp3) is 0.304. The van der Waals surface area contributed by atoms with Gasteiger partial charge in [-0.3, -0.25) is 9.89 Å². The van der Waals surface area contributed by atoms with Crippen LogP contribution in [0.3, 0.4) is 0 Å². The smallest absolute Gasteiger partial charge is 0.304 e. The van der Waals surface area contributed by atoms with Gasteiger partial charge in [0.1, 0.15) is 21.7 Å². The van der Waals surface area contributed by atoms with E-state index in [-0.39, 0.29) is 12.2 Å². The van der Waals surface area contributed by atoms with E-state index < -0.39 is 27.8 Å². The molecule has 0 saturated carbocycles. The molecule has 0 amide bonds. The van der Waals surface area contributed by atoms with Crippen LogP contribution < -0.4 is 4.74 Å². The zero-order valence-electron chi connectivity index (χ0n) is 17.3. The van der Waals surface area contributed by atoms with Crippen molar-refractivity contribution in [2.45, 2.75) is 31.8 Å². The Morgan fingerprint density at radius 1 is 1.19 bits per heavy atom. The summed E-state index contributed by atoms with van der Waals surface area (Å²) in [7, 11) is -3.16. The van der Waals surface area contributed by atoms with E-state index >= 15 is 0 Å². The van der Waals surface area contributed by atoms with Crippen molar-refractivity contribution in [1.29, 1.82) is 0 Å². The molecule has 2 atom stereocenters. The monoisotopic (exact) mass is 440 g/mol. The topological polar surface area (TPSA) is 109 Å². The summed E-state index contributed by atoms with van der Waals surface area (Å²) in [5, 5.41) is 16.9. The number of aliphatic carboxylic acids is 1. The summed E-state index contributed by atoms with van der Waals surface area (Å²) in [6.45, 7) is 1.68. The first-order valence-electron chi connectivity index (χ1n) is 9.76. The van der Waals surface area contributed by atoms with Gasteiger partial charge >= 0.3 is 5.97 Å². The molecule has 1 aromatic heterocycles. The number of aromatic amines is 1. The maximum absolute atomic E-state index is 11.7. The van der Waals surface area contributed by atoms with Crippen LogP contribution in [0.25, 0.3) is 10.9 Å². The Bertz CT molecular complexity index is 1220. The highest BCUT2D eigenvalue weighted by atomic mass is 32.2. The predicted molar refractivity (Wildman–Crippen MR) is 119 cm³/mol. The minimum absolute atomic E-state index is 0.00799. The molecule has 0 spiro atoms. The molecule has 1 heterocycles. The van der Waals surface area contributed by atoms with Crippen molar-refractivity contribution < 1.29 is 23.1 Å². The molecule has 8 heteroatoms. The van der Waals surface area contributed by atoms with Crippen LogP contribution in [0.2, 0.25) is 0 Å². The van der Waals surface area contributed by atoms with Gasteiger partial charge in [0, 0.05) is 18.1 Å². The quantitative estimate of drug-likeness (QED) is 0.491. The number of benzene rings is 2. The van der Waals surface area contributed by atoms with Crippen LogP contribution in [0.4, 0.5) is 0 Å². The Hall–Kier alpha value is -3.31. The lowest BCUT2D eigenvalue weighted by Crippen LogP contribution is -2.14. The Labute approximate surface area is 181 Å². The molecule has 31 heavy (non-hydrogen) atoms. The first kappa shape index (κ1) is 22.4. The third-order valence-corrected chi connectivity index (χ3v) is 5.82. The lowest BCUT2D eigenvalue weighted by Gasteiger charge is -2.20. The number of sulfone groups is 1. The van der Waals surface area contributed by atoms with E-state index in [9.17, 15) is 13.2 Å². The maximum atomic E-state index is 11.7. The lowest BCUT2D eigenvalue weighted by molar-refractivity contribution is -0.137. The largest absolute Gasteiger partial charge is 0.486 e. The highest BCUT2D eigenvalue weighted by molar-refractivity contribution is 7.90. The van der Waals surface area contributed by atoms with Crippen molar-refractivity contribution in [3.05, 3.63) is 59.8 Å². The van der Waals surface area contributed by atoms with Crippen LogP contribution in [0, 0.1) is 11.8 Å². The average molecular weight is 441 g/mol. The van der Waals surface area contributed by atoms with Crippen molar-refractivity contribution in [3.63, 3.8) is 0 Å². The third kappa shape index (κ3) is 6.33. The van der Waals surface area contributed by atoms with Gasteiger partial charge in [-0.2, -0.15) is 5.10 Å². The number of carbonyl (C=O) groups is 1. The van der Waals surface area contributed by atoms with Gasteiger partial charge in [-0.1, -0.05) is 24.1 Å². The molecule has 162 valence electrons. The number of rotatable bonds is 9. The van der Waals surface area contributed by atoms with Crippen molar-refractivity contribution >= 4 is 26.7 Å². The second kappa shape index (κ2) is 9.67. The van der Waals surface area contributed by atoms with Crippen molar-refractivity contribution in [2.24, 2.45) is 0 Å². The minimum Gasteiger partial charge on any atom is -0.486 e. The molecule has 3 rings (SSSR count). The fourth-order valence-corrected chi connectivity index (χ4v) is 3.96. The summed E-state index contributed by atoms with van der Waals surface area (Å²) in [5.41, 5.74) is 2.52. The second-order valence-electron chi connectivity index (χ2n) is 7.36. The molecule has 0 aliphatic rings. The Kier molecular flexibility index (Phi) is 6.98. The van der Waals surface area contributed by atoms with Gasteiger partial charge < -0.3 is 9.84 Å². The number of aromatic nitrogens is 2. The van der Waals surface area contributed by atoms with Gasteiger partial charge in [0.25, 0.3) is 0 Å². The number of H-pyrrole nitrogens is 1. The van der Waals surface area contributed by atoms with Crippen LogP contribution in [0.1, 0.15) is 42.9 Å². The second-order valence-corrected chi connectivity index (χ2v) is 9.62. The fourth-order valence-electron chi connectivity index (χ4n) is 3.32. The summed E-state index contributed by atoms with van der Waals surface area (Å²) in [6, 6.07) is 12.8. The molecule has 2 unspecified atom stereocenters. The zero-order valence-corrected chi connectivity index (χ0v) is 18.1. The molecule has 0 fully saturated rings. The number of ether oxygens (including phenoxy) is 1. The number of nitrogens with one attached hydrogen (secondary N) is 1. The zero-order chi connectivity index (χ0) is 22.4. The molecule has 0 aliphatic carbocycles. The summed E-state index contributed by atoms with van der Waals surface area (Å²) < 4.78 is 29.6. The summed E-state index contributed by atoms with van der Waals surface area (Å²) in [4.78, 5) is 11.1. The highest BCUT2D eigenvalue weighted by Crippen LogP contribution is 2.29. The first-order valence-corrected chi connectivity index (χ1v) is 11.8. The lowest BCUT2D eigenvalue weighted by atomic mass is 9.96. The number of carboxylic acids is 1. The van der Waals surface area contributed by atoms with E-state index in [1.165, 1.54) is 6.26 Å². The number of carboxylic acid groups (broad SMARTS) is 1. The summed E-state index contributed by atoms with van der Waals surface area (Å²) in [5.74, 6) is 4.93. The summed E-state index contributed by atoms with van der Waals surface area (Å²) >= 11 is 0. The van der Waals surface area contributed by atoms with Crippen molar-refractivity contribution in [1.82, 2.24) is 10.2 Å². The molecule has 2 aromatic carbocycles. The molecular weight excluding hydrogens is 416 g/mol. The van der Waals surface area contributed by atoms with Gasteiger partial charge in [0.2, 0.25) is 0 Å². The average Bonchev–Trinajstić information content (AvgIpc) is 3.18. The molecule has 0 bridgehead atoms. The van der Waals surface area contributed by atoms with E-state index in [4.69, 9.17) is 9.84 Å². The molecular formula is C23H24N2O5S. The van der Waals surface area contributed by atoms with E-state index in [1.807, 2.05) is 18.2 Å². The Morgan fingerprint density at radius 3 is 2.55 bits per heavy atom. The molecule has 2 N–H and O–H groups in total. The molecule has 7 nitrogen and oxygen atoms in total. The van der Waals surface area contributed by atoms with Crippen LogP contribution in [0.15, 0.2) is 48.7 Å². The third-order valence-electron chi connectivity index (χ3n) is 4.84. The maximum Gasteiger partial charge on any atom is 0.304 e. The van der Waals surface area contributed by atoms with Crippen molar-refractivity contribution in [2.75, 3.05) is 12.0 Å². The first-order chi connectivity index (χ1) is 14.7. The van der Waals surface area contributed by atoms with E-state index in [1.54, 1.807) is 37.4 Å². The van der Waals surface area contributed by atoms with E-state index in [2.05, 4.69) is 22.0 Å². The molecule has 0 aliphatic heterocycles. The molecule has 0 radical (unpaired) electrons. The predicted octanol–water partition coefficient (Wildman–Crippen LogP) is 3.70. The number of fused-ring (bicyclic) bond motifs is 1. The van der Waals surface area contributed by atoms with Crippen LogP contribution in [-0.4, -0.2) is 41.7 Å².